The average molecular weight is 403 g/mol. The van der Waals surface area contributed by atoms with Crippen molar-refractivity contribution in [2.24, 2.45) is 5.92 Å². The first-order chi connectivity index (χ1) is 8.86. The van der Waals surface area contributed by atoms with Crippen LogP contribution in [0.3, 0.4) is 0 Å². The van der Waals surface area contributed by atoms with Gasteiger partial charge >= 0.3 is 6.18 Å². The normalized spacial score (nSPS) is 24.2. The van der Waals surface area contributed by atoms with Gasteiger partial charge in [-0.3, -0.25) is 4.79 Å². The van der Waals surface area contributed by atoms with Gasteiger partial charge in [-0.05, 0) is 54.3 Å². The lowest BCUT2D eigenvalue weighted by molar-refractivity contribution is -0.182. The highest BCUT2D eigenvalue weighted by Crippen LogP contribution is 2.37. The van der Waals surface area contributed by atoms with Gasteiger partial charge in [-0.15, -0.1) is 11.3 Å². The summed E-state index contributed by atoms with van der Waals surface area (Å²) in [6.07, 6.45) is -3.09. The van der Waals surface area contributed by atoms with E-state index >= 15 is 0 Å². The van der Waals surface area contributed by atoms with Crippen LogP contribution in [0, 0.1) is 8.80 Å². The summed E-state index contributed by atoms with van der Waals surface area (Å²) >= 11 is 3.61. The fourth-order valence-corrected chi connectivity index (χ4v) is 3.59. The molecular formula is C12H13F3INOS. The van der Waals surface area contributed by atoms with Crippen LogP contribution in [0.2, 0.25) is 0 Å². The summed E-state index contributed by atoms with van der Waals surface area (Å²) in [6.45, 7) is 0. The molecule has 1 fully saturated rings. The van der Waals surface area contributed by atoms with Gasteiger partial charge in [0.1, 0.15) is 0 Å². The molecule has 0 spiro atoms. The lowest BCUT2D eigenvalue weighted by atomic mass is 9.85. The third-order valence-corrected chi connectivity index (χ3v) is 5.14. The van der Waals surface area contributed by atoms with Crippen molar-refractivity contribution in [3.63, 3.8) is 0 Å². The Labute approximate surface area is 126 Å². The topological polar surface area (TPSA) is 29.1 Å². The lowest BCUT2D eigenvalue weighted by Crippen LogP contribution is -2.39. The molecule has 0 bridgehead atoms. The number of rotatable bonds is 2. The maximum Gasteiger partial charge on any atom is 0.391 e. The number of hydrogen-bond acceptors (Lipinski definition) is 2. The van der Waals surface area contributed by atoms with E-state index in [1.165, 1.54) is 11.3 Å². The first kappa shape index (κ1) is 15.1. The molecule has 1 saturated carbocycles. The smallest absolute Gasteiger partial charge is 0.349 e. The van der Waals surface area contributed by atoms with Crippen LogP contribution in [0.15, 0.2) is 11.4 Å². The fraction of sp³-hybridized carbons (Fsp3) is 0.583. The van der Waals surface area contributed by atoms with Gasteiger partial charge in [0.25, 0.3) is 5.91 Å². The molecule has 1 aromatic rings. The highest BCUT2D eigenvalue weighted by molar-refractivity contribution is 14.1. The Bertz CT molecular complexity index is 452. The summed E-state index contributed by atoms with van der Waals surface area (Å²) < 4.78 is 38.6. The van der Waals surface area contributed by atoms with Crippen molar-refractivity contribution in [1.82, 2.24) is 5.32 Å². The van der Waals surface area contributed by atoms with Gasteiger partial charge in [-0.1, -0.05) is 0 Å². The van der Waals surface area contributed by atoms with Crippen molar-refractivity contribution < 1.29 is 18.0 Å². The summed E-state index contributed by atoms with van der Waals surface area (Å²) in [7, 11) is 0. The predicted molar refractivity (Wildman–Crippen MR) is 76.3 cm³/mol. The molecule has 7 heteroatoms. The van der Waals surface area contributed by atoms with E-state index in [0.717, 1.165) is 2.88 Å². The van der Waals surface area contributed by atoms with Crippen molar-refractivity contribution in [3.8, 4) is 0 Å². The van der Waals surface area contributed by atoms with E-state index in [9.17, 15) is 18.0 Å². The molecule has 19 heavy (non-hydrogen) atoms. The van der Waals surface area contributed by atoms with Crippen molar-refractivity contribution in [2.75, 3.05) is 0 Å². The summed E-state index contributed by atoms with van der Waals surface area (Å²) in [5.41, 5.74) is 0.590. The van der Waals surface area contributed by atoms with Crippen molar-refractivity contribution in [1.29, 1.82) is 0 Å². The molecule has 0 atom stereocenters. The standard InChI is InChI=1S/C12H13F3INOS/c13-12(14,15)8-1-3-9(4-2-8)17-11(18)7-5-10(16)19-6-7/h5-6,8-9H,1-4H2,(H,17,18). The molecule has 2 rings (SSSR count). The highest BCUT2D eigenvalue weighted by atomic mass is 127. The zero-order chi connectivity index (χ0) is 14.0. The van der Waals surface area contributed by atoms with Crippen molar-refractivity contribution in [3.05, 3.63) is 19.9 Å². The van der Waals surface area contributed by atoms with E-state index in [-0.39, 0.29) is 24.8 Å². The fourth-order valence-electron chi connectivity index (χ4n) is 2.26. The van der Waals surface area contributed by atoms with Crippen LogP contribution < -0.4 is 5.32 Å². The maximum absolute atomic E-state index is 12.5. The van der Waals surface area contributed by atoms with Gasteiger partial charge < -0.3 is 5.32 Å². The second kappa shape index (κ2) is 5.99. The lowest BCUT2D eigenvalue weighted by Gasteiger charge is -2.30. The van der Waals surface area contributed by atoms with Crippen molar-refractivity contribution >= 4 is 39.8 Å². The Hall–Kier alpha value is -0.310. The second-order valence-electron chi connectivity index (χ2n) is 4.70. The minimum Gasteiger partial charge on any atom is -0.349 e. The quantitative estimate of drug-likeness (QED) is 0.737. The third kappa shape index (κ3) is 4.08. The van der Waals surface area contributed by atoms with E-state index in [1.54, 1.807) is 11.4 Å². The van der Waals surface area contributed by atoms with Gasteiger partial charge in [0.05, 0.1) is 14.4 Å². The number of hydrogen-bond donors (Lipinski definition) is 1. The molecule has 0 aliphatic heterocycles. The molecule has 106 valence electrons. The Kier molecular flexibility index (Phi) is 4.75. The highest BCUT2D eigenvalue weighted by Gasteiger charge is 2.41. The number of thiophene rings is 1. The Balaban J connectivity index is 1.84. The molecule has 1 aliphatic rings. The van der Waals surface area contributed by atoms with Crippen LogP contribution in [0.5, 0.6) is 0 Å². The first-order valence-corrected chi connectivity index (χ1v) is 7.93. The maximum atomic E-state index is 12.5. The SMILES string of the molecule is O=C(NC1CCC(C(F)(F)F)CC1)c1csc(I)c1. The third-order valence-electron chi connectivity index (χ3n) is 3.35. The van der Waals surface area contributed by atoms with Gasteiger partial charge in [0, 0.05) is 11.4 Å². The van der Waals surface area contributed by atoms with Crippen LogP contribution in [-0.2, 0) is 0 Å². The van der Waals surface area contributed by atoms with Gasteiger partial charge in [0.2, 0.25) is 0 Å². The van der Waals surface area contributed by atoms with Crippen LogP contribution in [0.1, 0.15) is 36.0 Å². The summed E-state index contributed by atoms with van der Waals surface area (Å²) in [5.74, 6) is -1.39. The molecule has 1 N–H and O–H groups in total. The zero-order valence-electron chi connectivity index (χ0n) is 9.97. The van der Waals surface area contributed by atoms with Crippen LogP contribution >= 0.6 is 33.9 Å². The molecule has 1 aromatic heterocycles. The number of nitrogens with one attached hydrogen (secondary N) is 1. The van der Waals surface area contributed by atoms with Gasteiger partial charge in [-0.2, -0.15) is 13.2 Å². The predicted octanol–water partition coefficient (Wildman–Crippen LogP) is 4.20. The van der Waals surface area contributed by atoms with Crippen LogP contribution in [-0.4, -0.2) is 18.1 Å². The van der Waals surface area contributed by atoms with E-state index in [2.05, 4.69) is 27.9 Å². The zero-order valence-corrected chi connectivity index (χ0v) is 12.9. The van der Waals surface area contributed by atoms with E-state index in [1.807, 2.05) is 0 Å². The van der Waals surface area contributed by atoms with Gasteiger partial charge in [0.15, 0.2) is 0 Å². The Morgan fingerprint density at radius 1 is 1.32 bits per heavy atom. The molecule has 0 unspecified atom stereocenters. The molecule has 0 saturated heterocycles. The minimum atomic E-state index is -4.10. The number of alkyl halides is 3. The second-order valence-corrected chi connectivity index (χ2v) is 7.51. The number of carbonyl (C=O) groups is 1. The van der Waals surface area contributed by atoms with Crippen LogP contribution in [0.25, 0.3) is 0 Å². The molecule has 2 nitrogen and oxygen atoms in total. The minimum absolute atomic E-state index is 0.107. The van der Waals surface area contributed by atoms with Gasteiger partial charge in [-0.25, -0.2) is 0 Å². The molecule has 1 amide bonds. The number of carbonyl (C=O) groups excluding carboxylic acids is 1. The average Bonchev–Trinajstić information content (AvgIpc) is 2.75. The van der Waals surface area contributed by atoms with Crippen LogP contribution in [0.4, 0.5) is 13.2 Å². The first-order valence-electron chi connectivity index (χ1n) is 5.98. The molecule has 0 radical (unpaired) electrons. The summed E-state index contributed by atoms with van der Waals surface area (Å²) in [4.78, 5) is 11.9. The molecule has 0 aromatic carbocycles. The molecule has 1 heterocycles. The Morgan fingerprint density at radius 2 is 1.95 bits per heavy atom. The molecular weight excluding hydrogens is 390 g/mol. The number of amides is 1. The summed E-state index contributed by atoms with van der Waals surface area (Å²) in [6, 6.07) is 1.64. The largest absolute Gasteiger partial charge is 0.391 e. The monoisotopic (exact) mass is 403 g/mol. The summed E-state index contributed by atoms with van der Waals surface area (Å²) in [5, 5.41) is 4.58. The van der Waals surface area contributed by atoms with E-state index in [4.69, 9.17) is 0 Å². The Morgan fingerprint density at radius 3 is 2.42 bits per heavy atom. The van der Waals surface area contributed by atoms with E-state index < -0.39 is 12.1 Å². The molecule has 1 aliphatic carbocycles. The van der Waals surface area contributed by atoms with E-state index in [0.29, 0.717) is 18.4 Å². The number of halogens is 4. The van der Waals surface area contributed by atoms with Crippen molar-refractivity contribution in [2.45, 2.75) is 37.9 Å².